The van der Waals surface area contributed by atoms with Crippen molar-refractivity contribution >= 4 is 33.8 Å². The van der Waals surface area contributed by atoms with E-state index in [1.165, 1.54) is 4.90 Å². The van der Waals surface area contributed by atoms with E-state index in [0.717, 1.165) is 41.4 Å². The van der Waals surface area contributed by atoms with Gasteiger partial charge in [0.2, 0.25) is 0 Å². The summed E-state index contributed by atoms with van der Waals surface area (Å²) in [6, 6.07) is 21.6. The predicted octanol–water partition coefficient (Wildman–Crippen LogP) is 5.41. The number of fused-ring (bicyclic) bond motifs is 1. The van der Waals surface area contributed by atoms with Crippen LogP contribution in [0.15, 0.2) is 72.4 Å². The first-order valence-electron chi connectivity index (χ1n) is 11.4. The molecule has 4 heteroatoms. The zero-order valence-electron chi connectivity index (χ0n) is 18.8. The molecular formula is C28H28N2O2. The van der Waals surface area contributed by atoms with Gasteiger partial charge in [-0.25, -0.2) is 4.90 Å². The highest BCUT2D eigenvalue weighted by atomic mass is 16.2. The first kappa shape index (κ1) is 20.5. The van der Waals surface area contributed by atoms with Crippen molar-refractivity contribution in [2.45, 2.75) is 27.2 Å². The van der Waals surface area contributed by atoms with Crippen LogP contribution < -0.4 is 4.90 Å². The molecule has 4 nitrogen and oxygen atoms in total. The van der Waals surface area contributed by atoms with Crippen molar-refractivity contribution in [3.8, 4) is 0 Å². The summed E-state index contributed by atoms with van der Waals surface area (Å²) in [7, 11) is 0. The Kier molecular flexibility index (Phi) is 5.09. The zero-order chi connectivity index (χ0) is 22.4. The van der Waals surface area contributed by atoms with Crippen molar-refractivity contribution in [2.24, 2.45) is 11.8 Å². The lowest BCUT2D eigenvalue weighted by Gasteiger charge is -2.37. The number of nitrogens with zero attached hydrogens (tertiary/aromatic N) is 2. The molecule has 0 radical (unpaired) electrons. The molecule has 0 aromatic heterocycles. The van der Waals surface area contributed by atoms with Gasteiger partial charge in [-0.1, -0.05) is 80.1 Å². The van der Waals surface area contributed by atoms with Crippen molar-refractivity contribution in [1.82, 2.24) is 4.90 Å². The third-order valence-electron chi connectivity index (χ3n) is 6.59. The summed E-state index contributed by atoms with van der Waals surface area (Å²) in [6.07, 6.45) is 1.14. The topological polar surface area (TPSA) is 40.6 Å². The van der Waals surface area contributed by atoms with Gasteiger partial charge in [-0.2, -0.15) is 0 Å². The minimum absolute atomic E-state index is 0.219. The molecule has 0 N–H and O–H groups in total. The summed E-state index contributed by atoms with van der Waals surface area (Å²) in [5.74, 6) is 0.486. The maximum absolute atomic E-state index is 13.9. The maximum atomic E-state index is 13.9. The Morgan fingerprint density at radius 1 is 0.781 bits per heavy atom. The van der Waals surface area contributed by atoms with E-state index in [2.05, 4.69) is 18.7 Å². The first-order chi connectivity index (χ1) is 15.4. The van der Waals surface area contributed by atoms with Gasteiger partial charge in [0.25, 0.3) is 11.8 Å². The van der Waals surface area contributed by atoms with Gasteiger partial charge in [0.05, 0.1) is 11.3 Å². The van der Waals surface area contributed by atoms with E-state index >= 15 is 0 Å². The highest BCUT2D eigenvalue weighted by molar-refractivity contribution is 6.46. The number of hydrogen-bond donors (Lipinski definition) is 0. The lowest BCUT2D eigenvalue weighted by atomic mass is 9.91. The van der Waals surface area contributed by atoms with Crippen LogP contribution in [0.3, 0.4) is 0 Å². The van der Waals surface area contributed by atoms with E-state index in [1.807, 2.05) is 73.7 Å². The van der Waals surface area contributed by atoms with E-state index in [0.29, 0.717) is 28.8 Å². The predicted molar refractivity (Wildman–Crippen MR) is 129 cm³/mol. The number of carbonyl (C=O) groups is 2. The minimum Gasteiger partial charge on any atom is -0.366 e. The molecule has 3 aromatic rings. The Hall–Kier alpha value is -3.40. The summed E-state index contributed by atoms with van der Waals surface area (Å²) in [5.41, 5.74) is 3.64. The van der Waals surface area contributed by atoms with Gasteiger partial charge < -0.3 is 4.90 Å². The van der Waals surface area contributed by atoms with Crippen LogP contribution in [0.5, 0.6) is 0 Å². The van der Waals surface area contributed by atoms with Gasteiger partial charge in [-0.15, -0.1) is 0 Å². The molecule has 1 fully saturated rings. The second kappa shape index (κ2) is 7.94. The van der Waals surface area contributed by atoms with Gasteiger partial charge in [0, 0.05) is 18.5 Å². The quantitative estimate of drug-likeness (QED) is 0.528. The smallest absolute Gasteiger partial charge is 0.282 e. The molecule has 2 atom stereocenters. The highest BCUT2D eigenvalue weighted by Gasteiger charge is 2.44. The zero-order valence-corrected chi connectivity index (χ0v) is 18.8. The summed E-state index contributed by atoms with van der Waals surface area (Å²) in [5, 5.41) is 1.91. The van der Waals surface area contributed by atoms with Crippen molar-refractivity contribution in [1.29, 1.82) is 0 Å². The van der Waals surface area contributed by atoms with Gasteiger partial charge in [-0.3, -0.25) is 9.59 Å². The van der Waals surface area contributed by atoms with Crippen molar-refractivity contribution < 1.29 is 9.59 Å². The van der Waals surface area contributed by atoms with E-state index in [1.54, 1.807) is 0 Å². The molecule has 2 unspecified atom stereocenters. The van der Waals surface area contributed by atoms with Crippen LogP contribution in [0.2, 0.25) is 0 Å². The molecule has 32 heavy (non-hydrogen) atoms. The number of rotatable bonds is 3. The molecule has 3 aromatic carbocycles. The molecule has 2 aliphatic rings. The van der Waals surface area contributed by atoms with Crippen LogP contribution in [0, 0.1) is 18.8 Å². The second-order valence-corrected chi connectivity index (χ2v) is 9.38. The number of hydrogen-bond acceptors (Lipinski definition) is 3. The van der Waals surface area contributed by atoms with Crippen LogP contribution in [-0.2, 0) is 9.59 Å². The Balaban J connectivity index is 1.67. The molecule has 0 saturated carbocycles. The third kappa shape index (κ3) is 3.40. The molecule has 1 saturated heterocycles. The number of anilines is 1. The second-order valence-electron chi connectivity index (χ2n) is 9.38. The lowest BCUT2D eigenvalue weighted by Crippen LogP contribution is -2.42. The van der Waals surface area contributed by atoms with E-state index in [9.17, 15) is 9.59 Å². The average Bonchev–Trinajstić information content (AvgIpc) is 3.03. The molecule has 0 aliphatic carbocycles. The fourth-order valence-electron chi connectivity index (χ4n) is 5.26. The van der Waals surface area contributed by atoms with Crippen molar-refractivity contribution in [3.63, 3.8) is 0 Å². The molecule has 5 rings (SSSR count). The molecule has 2 heterocycles. The average molecular weight is 425 g/mol. The van der Waals surface area contributed by atoms with Gasteiger partial charge in [0.1, 0.15) is 5.70 Å². The van der Waals surface area contributed by atoms with Crippen LogP contribution in [-0.4, -0.2) is 29.8 Å². The Labute approximate surface area is 189 Å². The largest absolute Gasteiger partial charge is 0.366 e. The van der Waals surface area contributed by atoms with E-state index in [-0.39, 0.29) is 11.8 Å². The SMILES string of the molecule is Cc1ccc(C2=C(N3CC(C)CC(C)C3)C(=O)N(c3cccc4ccccc34)C2=O)cc1. The number of likely N-dealkylation sites (tertiary alicyclic amines) is 1. The molecule has 2 aliphatic heterocycles. The normalized spacial score (nSPS) is 21.7. The number of amides is 2. The summed E-state index contributed by atoms with van der Waals surface area (Å²) >= 11 is 0. The molecule has 0 bridgehead atoms. The van der Waals surface area contributed by atoms with Crippen LogP contribution >= 0.6 is 0 Å². The number of piperidine rings is 1. The summed E-state index contributed by atoms with van der Waals surface area (Å²) in [4.78, 5) is 31.3. The third-order valence-corrected chi connectivity index (χ3v) is 6.59. The fraction of sp³-hybridized carbons (Fsp3) is 0.286. The lowest BCUT2D eigenvalue weighted by molar-refractivity contribution is -0.120. The summed E-state index contributed by atoms with van der Waals surface area (Å²) in [6.45, 7) is 8.04. The van der Waals surface area contributed by atoms with Crippen LogP contribution in [0.4, 0.5) is 5.69 Å². The van der Waals surface area contributed by atoms with Crippen molar-refractivity contribution in [2.75, 3.05) is 18.0 Å². The molecular weight excluding hydrogens is 396 g/mol. The van der Waals surface area contributed by atoms with E-state index < -0.39 is 0 Å². The number of carbonyl (C=O) groups excluding carboxylic acids is 2. The van der Waals surface area contributed by atoms with Crippen molar-refractivity contribution in [3.05, 3.63) is 83.6 Å². The number of imide groups is 1. The highest BCUT2D eigenvalue weighted by Crippen LogP contribution is 2.39. The van der Waals surface area contributed by atoms with Crippen LogP contribution in [0.25, 0.3) is 16.3 Å². The summed E-state index contributed by atoms with van der Waals surface area (Å²) < 4.78 is 0. The van der Waals surface area contributed by atoms with Gasteiger partial charge >= 0.3 is 0 Å². The minimum atomic E-state index is -0.240. The number of benzene rings is 3. The maximum Gasteiger partial charge on any atom is 0.282 e. The Morgan fingerprint density at radius 2 is 1.44 bits per heavy atom. The monoisotopic (exact) mass is 424 g/mol. The Morgan fingerprint density at radius 3 is 2.16 bits per heavy atom. The molecule has 0 spiro atoms. The standard InChI is InChI=1S/C28H28N2O2/c1-18-11-13-22(14-12-18)25-26(29-16-19(2)15-20(3)17-29)28(32)30(27(25)31)24-10-6-8-21-7-4-5-9-23(21)24/h4-14,19-20H,15-17H2,1-3H3. The van der Waals surface area contributed by atoms with E-state index in [4.69, 9.17) is 0 Å². The van der Waals surface area contributed by atoms with Gasteiger partial charge in [-0.05, 0) is 42.2 Å². The Bertz CT molecular complexity index is 1230. The molecule has 162 valence electrons. The number of aryl methyl sites for hydroxylation is 1. The molecule has 2 amide bonds. The van der Waals surface area contributed by atoms with Crippen LogP contribution in [0.1, 0.15) is 31.4 Å². The van der Waals surface area contributed by atoms with Gasteiger partial charge in [0.15, 0.2) is 0 Å². The fourth-order valence-corrected chi connectivity index (χ4v) is 5.26. The first-order valence-corrected chi connectivity index (χ1v) is 11.4.